The largest absolute Gasteiger partial charge is 0.372 e. The Morgan fingerprint density at radius 3 is 2.56 bits per heavy atom. The Morgan fingerprint density at radius 1 is 1.07 bits per heavy atom. The minimum atomic E-state index is -0.402. The first kappa shape index (κ1) is 19.0. The monoisotopic (exact) mass is 367 g/mol. The summed E-state index contributed by atoms with van der Waals surface area (Å²) in [6, 6.07) is 12.8. The lowest BCUT2D eigenvalue weighted by atomic mass is 10.1. The number of carbonyl (C=O) groups is 1. The van der Waals surface area contributed by atoms with Crippen LogP contribution in [0.2, 0.25) is 0 Å². The third-order valence-electron chi connectivity index (χ3n) is 4.67. The lowest BCUT2D eigenvalue weighted by Crippen LogP contribution is -2.25. The minimum absolute atomic E-state index is 0.298. The van der Waals surface area contributed by atoms with Gasteiger partial charge in [-0.3, -0.25) is 4.79 Å². The number of hydrogen-bond donors (Lipinski definition) is 2. The zero-order chi connectivity index (χ0) is 19.2. The van der Waals surface area contributed by atoms with Crippen molar-refractivity contribution in [3.8, 4) is 0 Å². The topological polar surface area (TPSA) is 44.4 Å². The standard InChI is InChI=1S/C22H26FN3O/c1-3-5-14-26(13-4-2)17-11-9-16(10-12-17)24-15-18-21-19(23)7-6-8-20(21)25-22(18)27/h6-12,15,24H,3-5,13-14H2,1-2H3,(H,25,27)/b18-15+. The normalized spacial score (nSPS) is 14.2. The summed E-state index contributed by atoms with van der Waals surface area (Å²) in [6.45, 7) is 6.47. The second-order valence-electron chi connectivity index (χ2n) is 6.71. The van der Waals surface area contributed by atoms with Gasteiger partial charge in [0.2, 0.25) is 0 Å². The molecule has 0 aliphatic carbocycles. The molecule has 0 saturated heterocycles. The zero-order valence-electron chi connectivity index (χ0n) is 15.9. The average molecular weight is 367 g/mol. The van der Waals surface area contributed by atoms with E-state index >= 15 is 0 Å². The van der Waals surface area contributed by atoms with E-state index in [2.05, 4.69) is 41.5 Å². The number of benzene rings is 2. The van der Waals surface area contributed by atoms with E-state index in [1.807, 2.05) is 12.1 Å². The van der Waals surface area contributed by atoms with E-state index in [9.17, 15) is 9.18 Å². The van der Waals surface area contributed by atoms with Gasteiger partial charge in [-0.25, -0.2) is 4.39 Å². The van der Waals surface area contributed by atoms with Gasteiger partial charge < -0.3 is 15.5 Å². The first-order valence-electron chi connectivity index (χ1n) is 9.56. The van der Waals surface area contributed by atoms with Crippen LogP contribution in [0.15, 0.2) is 48.7 Å². The highest BCUT2D eigenvalue weighted by molar-refractivity contribution is 6.31. The molecule has 3 rings (SSSR count). The molecular formula is C22H26FN3O. The summed E-state index contributed by atoms with van der Waals surface area (Å²) in [5.41, 5.74) is 3.19. The van der Waals surface area contributed by atoms with Gasteiger partial charge in [-0.1, -0.05) is 26.3 Å². The molecule has 5 heteroatoms. The Bertz CT molecular complexity index is 830. The lowest BCUT2D eigenvalue weighted by Gasteiger charge is -2.24. The van der Waals surface area contributed by atoms with Crippen molar-refractivity contribution < 1.29 is 9.18 Å². The number of nitrogens with zero attached hydrogens (tertiary/aromatic N) is 1. The summed E-state index contributed by atoms with van der Waals surface area (Å²) in [5.74, 6) is -0.701. The van der Waals surface area contributed by atoms with Crippen molar-refractivity contribution in [3.63, 3.8) is 0 Å². The van der Waals surface area contributed by atoms with Gasteiger partial charge in [0.1, 0.15) is 5.82 Å². The van der Waals surface area contributed by atoms with Crippen LogP contribution in [-0.4, -0.2) is 19.0 Å². The number of unbranched alkanes of at least 4 members (excludes halogenated alkanes) is 1. The molecule has 0 atom stereocenters. The average Bonchev–Trinajstić information content (AvgIpc) is 3.00. The first-order chi connectivity index (χ1) is 13.1. The highest BCUT2D eigenvalue weighted by atomic mass is 19.1. The van der Waals surface area contributed by atoms with Crippen LogP contribution < -0.4 is 15.5 Å². The van der Waals surface area contributed by atoms with E-state index in [0.717, 1.165) is 25.2 Å². The Balaban J connectivity index is 1.74. The maximum absolute atomic E-state index is 14.1. The number of rotatable bonds is 8. The van der Waals surface area contributed by atoms with E-state index in [1.54, 1.807) is 18.3 Å². The van der Waals surface area contributed by atoms with Crippen LogP contribution in [0.5, 0.6) is 0 Å². The molecule has 0 spiro atoms. The minimum Gasteiger partial charge on any atom is -0.372 e. The zero-order valence-corrected chi connectivity index (χ0v) is 15.9. The molecule has 0 fully saturated rings. The van der Waals surface area contributed by atoms with E-state index in [-0.39, 0.29) is 5.91 Å². The molecule has 2 N–H and O–H groups in total. The van der Waals surface area contributed by atoms with E-state index < -0.39 is 5.82 Å². The van der Waals surface area contributed by atoms with Crippen LogP contribution in [-0.2, 0) is 4.79 Å². The van der Waals surface area contributed by atoms with Crippen molar-refractivity contribution in [1.29, 1.82) is 0 Å². The molecular weight excluding hydrogens is 341 g/mol. The summed E-state index contributed by atoms with van der Waals surface area (Å²) >= 11 is 0. The van der Waals surface area contributed by atoms with Crippen LogP contribution >= 0.6 is 0 Å². The van der Waals surface area contributed by atoms with Crippen LogP contribution in [0.4, 0.5) is 21.5 Å². The molecule has 0 saturated carbocycles. The second-order valence-corrected chi connectivity index (χ2v) is 6.71. The number of hydrogen-bond acceptors (Lipinski definition) is 3. The summed E-state index contributed by atoms with van der Waals surface area (Å²) in [6.07, 6.45) is 5.02. The van der Waals surface area contributed by atoms with Gasteiger partial charge in [0, 0.05) is 36.2 Å². The predicted octanol–water partition coefficient (Wildman–Crippen LogP) is 5.25. The number of amides is 1. The van der Waals surface area contributed by atoms with Crippen LogP contribution in [0.25, 0.3) is 5.57 Å². The van der Waals surface area contributed by atoms with Crippen molar-refractivity contribution in [2.75, 3.05) is 28.6 Å². The number of halogens is 1. The van der Waals surface area contributed by atoms with Gasteiger partial charge in [-0.15, -0.1) is 0 Å². The number of fused-ring (bicyclic) bond motifs is 1. The fourth-order valence-corrected chi connectivity index (χ4v) is 3.26. The maximum atomic E-state index is 14.1. The fourth-order valence-electron chi connectivity index (χ4n) is 3.26. The molecule has 2 aromatic carbocycles. The molecule has 0 aromatic heterocycles. The highest BCUT2D eigenvalue weighted by Crippen LogP contribution is 2.33. The first-order valence-corrected chi connectivity index (χ1v) is 9.56. The van der Waals surface area contributed by atoms with Gasteiger partial charge in [0.25, 0.3) is 5.91 Å². The van der Waals surface area contributed by atoms with Crippen molar-refractivity contribution in [2.24, 2.45) is 0 Å². The van der Waals surface area contributed by atoms with Crippen LogP contribution in [0, 0.1) is 5.82 Å². The number of anilines is 3. The quantitative estimate of drug-likeness (QED) is 0.627. The summed E-state index contributed by atoms with van der Waals surface area (Å²) < 4.78 is 14.1. The van der Waals surface area contributed by atoms with E-state index in [1.165, 1.54) is 24.6 Å². The molecule has 1 aliphatic heterocycles. The predicted molar refractivity (Wildman–Crippen MR) is 110 cm³/mol. The fraction of sp³-hybridized carbons (Fsp3) is 0.318. The smallest absolute Gasteiger partial charge is 0.257 e. The molecule has 1 aliphatic rings. The highest BCUT2D eigenvalue weighted by Gasteiger charge is 2.27. The van der Waals surface area contributed by atoms with Gasteiger partial charge in [0.15, 0.2) is 0 Å². The Kier molecular flexibility index (Phi) is 6.12. The van der Waals surface area contributed by atoms with Crippen molar-refractivity contribution in [1.82, 2.24) is 0 Å². The molecule has 27 heavy (non-hydrogen) atoms. The lowest BCUT2D eigenvalue weighted by molar-refractivity contribution is -0.110. The van der Waals surface area contributed by atoms with Crippen LogP contribution in [0.1, 0.15) is 38.7 Å². The molecule has 2 aromatic rings. The Hall–Kier alpha value is -2.82. The van der Waals surface area contributed by atoms with Crippen molar-refractivity contribution in [2.45, 2.75) is 33.1 Å². The third-order valence-corrected chi connectivity index (χ3v) is 4.67. The Labute approximate surface area is 160 Å². The summed E-state index contributed by atoms with van der Waals surface area (Å²) in [7, 11) is 0. The Morgan fingerprint density at radius 2 is 1.85 bits per heavy atom. The van der Waals surface area contributed by atoms with Gasteiger partial charge in [0.05, 0.1) is 11.3 Å². The van der Waals surface area contributed by atoms with Crippen LogP contribution in [0.3, 0.4) is 0 Å². The van der Waals surface area contributed by atoms with Gasteiger partial charge >= 0.3 is 0 Å². The maximum Gasteiger partial charge on any atom is 0.257 e. The SMILES string of the molecule is CCCCN(CCC)c1ccc(N/C=C2/C(=O)Nc3cccc(F)c32)cc1. The van der Waals surface area contributed by atoms with Crippen molar-refractivity contribution >= 4 is 28.5 Å². The second kappa shape index (κ2) is 8.71. The number of carbonyl (C=O) groups excluding carboxylic acids is 1. The number of nitrogens with one attached hydrogen (secondary N) is 2. The summed E-state index contributed by atoms with van der Waals surface area (Å²) in [4.78, 5) is 14.5. The van der Waals surface area contributed by atoms with Crippen molar-refractivity contribution in [3.05, 3.63) is 60.0 Å². The molecule has 0 radical (unpaired) electrons. The molecule has 4 nitrogen and oxygen atoms in total. The molecule has 142 valence electrons. The third kappa shape index (κ3) is 4.30. The summed E-state index contributed by atoms with van der Waals surface area (Å²) in [5, 5.41) is 5.81. The molecule has 1 amide bonds. The molecule has 0 bridgehead atoms. The van der Waals surface area contributed by atoms with Gasteiger partial charge in [-0.05, 0) is 49.2 Å². The molecule has 0 unspecified atom stereocenters. The van der Waals surface area contributed by atoms with Gasteiger partial charge in [-0.2, -0.15) is 0 Å². The molecule has 1 heterocycles. The van der Waals surface area contributed by atoms with E-state index in [0.29, 0.717) is 16.8 Å². The van der Waals surface area contributed by atoms with E-state index in [4.69, 9.17) is 0 Å².